The van der Waals surface area contributed by atoms with Crippen molar-refractivity contribution in [1.29, 1.82) is 0 Å². The number of hydrogen-bond donors (Lipinski definition) is 1. The van der Waals surface area contributed by atoms with Gasteiger partial charge in [-0.2, -0.15) is 17.6 Å². The van der Waals surface area contributed by atoms with Gasteiger partial charge in [-0.05, 0) is 17.7 Å². The van der Waals surface area contributed by atoms with Crippen LogP contribution in [0.5, 0.6) is 11.5 Å². The van der Waals surface area contributed by atoms with Crippen LogP contribution in [0.1, 0.15) is 16.7 Å². The molecule has 0 aromatic heterocycles. The summed E-state index contributed by atoms with van der Waals surface area (Å²) in [6.07, 6.45) is -10.8. The van der Waals surface area contributed by atoms with Gasteiger partial charge >= 0.3 is 12.2 Å². The maximum absolute atomic E-state index is 14.4. The fourth-order valence-corrected chi connectivity index (χ4v) is 2.96. The second-order valence-corrected chi connectivity index (χ2v) is 7.10. The van der Waals surface area contributed by atoms with E-state index in [4.69, 9.17) is 0 Å². The van der Waals surface area contributed by atoms with Crippen LogP contribution < -0.4 is 9.47 Å². The second kappa shape index (κ2) is 9.85. The van der Waals surface area contributed by atoms with Crippen LogP contribution in [0.3, 0.4) is 0 Å². The molecule has 3 aromatic rings. The number of rotatable bonds is 7. The van der Waals surface area contributed by atoms with Crippen LogP contribution in [0.2, 0.25) is 0 Å². The topological polar surface area (TPSA) is 38.7 Å². The van der Waals surface area contributed by atoms with E-state index in [-0.39, 0.29) is 6.07 Å². The molecule has 0 spiro atoms. The molecule has 0 aliphatic carbocycles. The summed E-state index contributed by atoms with van der Waals surface area (Å²) >= 11 is 0. The van der Waals surface area contributed by atoms with Gasteiger partial charge < -0.3 is 14.6 Å². The number of aliphatic hydroxyl groups is 1. The fourth-order valence-electron chi connectivity index (χ4n) is 2.96. The molecule has 0 radical (unpaired) electrons. The zero-order valence-electron chi connectivity index (χ0n) is 17.5. The number of halogens is 14. The van der Waals surface area contributed by atoms with Crippen LogP contribution in [0.25, 0.3) is 0 Å². The lowest BCUT2D eigenvalue weighted by Gasteiger charge is -2.23. The van der Waals surface area contributed by atoms with Crippen molar-refractivity contribution in [2.45, 2.75) is 18.8 Å². The van der Waals surface area contributed by atoms with Crippen molar-refractivity contribution in [3.8, 4) is 11.5 Å². The van der Waals surface area contributed by atoms with Gasteiger partial charge in [0.2, 0.25) is 11.6 Å². The molecule has 0 aliphatic heterocycles. The third-order valence-corrected chi connectivity index (χ3v) is 4.62. The van der Waals surface area contributed by atoms with Crippen LogP contribution in [-0.4, -0.2) is 5.11 Å². The number of hydrogen-bond acceptors (Lipinski definition) is 3. The second-order valence-electron chi connectivity index (χ2n) is 7.10. The molecular weight excluding hydrogens is 566 g/mol. The highest BCUT2D eigenvalue weighted by atomic mass is 19.3. The average molecular weight is 572 g/mol. The molecule has 0 amide bonds. The number of ether oxygens (including phenoxy) is 2. The fraction of sp³-hybridized carbons (Fsp3) is 0.143. The summed E-state index contributed by atoms with van der Waals surface area (Å²) in [5.41, 5.74) is -6.31. The first-order valence-corrected chi connectivity index (χ1v) is 9.36. The van der Waals surface area contributed by atoms with Gasteiger partial charge in [0.25, 0.3) is 0 Å². The lowest BCUT2D eigenvalue weighted by atomic mass is 10.1. The van der Waals surface area contributed by atoms with E-state index in [1.807, 2.05) is 0 Å². The van der Waals surface area contributed by atoms with Gasteiger partial charge in [0.15, 0.2) is 46.5 Å². The van der Waals surface area contributed by atoms with Crippen molar-refractivity contribution < 1.29 is 76.0 Å². The Hall–Kier alpha value is -3.76. The minimum atomic E-state index is -5.42. The summed E-state index contributed by atoms with van der Waals surface area (Å²) in [4.78, 5) is 0. The van der Waals surface area contributed by atoms with Crippen molar-refractivity contribution in [2.75, 3.05) is 0 Å². The van der Waals surface area contributed by atoms with E-state index in [1.54, 1.807) is 0 Å². The summed E-state index contributed by atoms with van der Waals surface area (Å²) in [7, 11) is 0. The first kappa shape index (κ1) is 28.8. The van der Waals surface area contributed by atoms with Gasteiger partial charge in [-0.25, -0.2) is 43.9 Å². The van der Waals surface area contributed by atoms with E-state index in [9.17, 15) is 66.6 Å². The number of aliphatic hydroxyl groups excluding tert-OH is 1. The largest absolute Gasteiger partial charge is 0.432 e. The van der Waals surface area contributed by atoms with Gasteiger partial charge in [-0.15, -0.1) is 0 Å². The lowest BCUT2D eigenvalue weighted by Crippen LogP contribution is -2.28. The van der Waals surface area contributed by atoms with Gasteiger partial charge in [0.1, 0.15) is 22.6 Å². The highest BCUT2D eigenvalue weighted by Gasteiger charge is 2.47. The van der Waals surface area contributed by atoms with Crippen LogP contribution in [0.15, 0.2) is 18.2 Å². The van der Waals surface area contributed by atoms with Crippen molar-refractivity contribution in [1.82, 2.24) is 0 Å². The molecule has 0 heterocycles. The molecule has 3 aromatic carbocycles. The maximum Gasteiger partial charge on any atom is 0.432 e. The van der Waals surface area contributed by atoms with Gasteiger partial charge in [-0.1, -0.05) is 0 Å². The van der Waals surface area contributed by atoms with Crippen LogP contribution in [0.4, 0.5) is 61.5 Å². The predicted molar refractivity (Wildman–Crippen MR) is 93.9 cm³/mol. The van der Waals surface area contributed by atoms with Crippen molar-refractivity contribution >= 4 is 0 Å². The van der Waals surface area contributed by atoms with Gasteiger partial charge in [0.05, 0.1) is 6.61 Å². The van der Waals surface area contributed by atoms with Crippen molar-refractivity contribution in [3.05, 3.63) is 93.1 Å². The molecule has 3 nitrogen and oxygen atoms in total. The van der Waals surface area contributed by atoms with Gasteiger partial charge in [0, 0.05) is 6.07 Å². The molecule has 0 aliphatic rings. The molecule has 38 heavy (non-hydrogen) atoms. The summed E-state index contributed by atoms with van der Waals surface area (Å²) in [6, 6.07) is 0.714. The van der Waals surface area contributed by atoms with E-state index in [0.29, 0.717) is 12.1 Å². The van der Waals surface area contributed by atoms with Crippen LogP contribution in [0, 0.1) is 58.2 Å². The molecule has 3 rings (SSSR count). The normalized spacial score (nSPS) is 12.2. The third kappa shape index (κ3) is 4.89. The van der Waals surface area contributed by atoms with E-state index in [1.165, 1.54) is 0 Å². The molecule has 0 saturated carbocycles. The smallest absolute Gasteiger partial charge is 0.429 e. The minimum absolute atomic E-state index is 0.0148. The van der Waals surface area contributed by atoms with Crippen LogP contribution in [-0.2, 0) is 18.8 Å². The summed E-state index contributed by atoms with van der Waals surface area (Å²) in [6.45, 7) is -1.21. The maximum atomic E-state index is 14.4. The van der Waals surface area contributed by atoms with Crippen LogP contribution >= 0.6 is 0 Å². The number of alkyl halides is 4. The van der Waals surface area contributed by atoms with E-state index in [0.717, 1.165) is 0 Å². The third-order valence-electron chi connectivity index (χ3n) is 4.62. The quantitative estimate of drug-likeness (QED) is 0.192. The summed E-state index contributed by atoms with van der Waals surface area (Å²) in [5, 5.41) is 9.19. The van der Waals surface area contributed by atoms with Crippen molar-refractivity contribution in [2.24, 2.45) is 0 Å². The first-order valence-electron chi connectivity index (χ1n) is 9.36. The van der Waals surface area contributed by atoms with Gasteiger partial charge in [-0.3, -0.25) is 0 Å². The SMILES string of the molecule is OCc1cc(OC(F)(F)c2c(F)c(F)c(F)c(F)c2F)cc(OC(F)(F)c2c(F)c(F)c(F)c(F)c2F)c1. The summed E-state index contributed by atoms with van der Waals surface area (Å²) in [5.74, 6) is -31.8. The molecule has 0 atom stereocenters. The Morgan fingerprint density at radius 3 is 1.00 bits per heavy atom. The monoisotopic (exact) mass is 572 g/mol. The molecule has 206 valence electrons. The highest BCUT2D eigenvalue weighted by molar-refractivity contribution is 5.40. The molecule has 1 N–H and O–H groups in total. The predicted octanol–water partition coefficient (Wildman–Crippen LogP) is 6.83. The Kier molecular flexibility index (Phi) is 7.46. The Morgan fingerprint density at radius 2 is 0.737 bits per heavy atom. The van der Waals surface area contributed by atoms with Crippen molar-refractivity contribution in [3.63, 3.8) is 0 Å². The Balaban J connectivity index is 2.07. The zero-order valence-corrected chi connectivity index (χ0v) is 17.5. The molecule has 0 fully saturated rings. The molecule has 17 heteroatoms. The zero-order chi connectivity index (χ0) is 28.9. The van der Waals surface area contributed by atoms with E-state index >= 15 is 0 Å². The molecular formula is C21H6F14O3. The highest BCUT2D eigenvalue weighted by Crippen LogP contribution is 2.41. The first-order chi connectivity index (χ1) is 17.4. The lowest BCUT2D eigenvalue weighted by molar-refractivity contribution is -0.193. The molecule has 0 saturated heterocycles. The number of benzene rings is 3. The van der Waals surface area contributed by atoms with E-state index in [2.05, 4.69) is 9.47 Å². The Morgan fingerprint density at radius 1 is 0.474 bits per heavy atom. The summed E-state index contributed by atoms with van der Waals surface area (Å²) < 4.78 is 200. The molecule has 0 bridgehead atoms. The minimum Gasteiger partial charge on any atom is -0.429 e. The standard InChI is InChI=1S/C21H6F14O3/c22-10-8(11(23)15(27)18(30)14(10)26)20(32,33)37-6-1-5(4-36)2-7(3-6)38-21(34,35)9-12(24)16(28)19(31)17(29)13(9)25/h1-3,36H,4H2. The molecule has 0 unspecified atom stereocenters. The average Bonchev–Trinajstić information content (AvgIpc) is 2.82. The Labute approximate surface area is 200 Å². The Bertz CT molecular complexity index is 1260. The van der Waals surface area contributed by atoms with E-state index < -0.39 is 105 Å².